The van der Waals surface area contributed by atoms with E-state index in [4.69, 9.17) is 11.6 Å². The van der Waals surface area contributed by atoms with E-state index in [-0.39, 0.29) is 23.7 Å². The van der Waals surface area contributed by atoms with Gasteiger partial charge in [0, 0.05) is 17.1 Å². The van der Waals surface area contributed by atoms with Gasteiger partial charge in [0.2, 0.25) is 11.8 Å². The molecule has 26 heavy (non-hydrogen) atoms. The number of carbonyl (C=O) groups is 2. The third-order valence-electron chi connectivity index (χ3n) is 3.97. The van der Waals surface area contributed by atoms with Crippen molar-refractivity contribution in [3.05, 3.63) is 44.7 Å². The Labute approximate surface area is 158 Å². The summed E-state index contributed by atoms with van der Waals surface area (Å²) in [7, 11) is 0. The van der Waals surface area contributed by atoms with E-state index in [0.717, 1.165) is 5.56 Å². The fourth-order valence-electron chi connectivity index (χ4n) is 2.68. The van der Waals surface area contributed by atoms with Crippen LogP contribution in [0.1, 0.15) is 30.4 Å². The van der Waals surface area contributed by atoms with Crippen LogP contribution in [0.25, 0.3) is 0 Å². The van der Waals surface area contributed by atoms with Gasteiger partial charge in [-0.15, -0.1) is 0 Å². The number of nitrogens with zero attached hydrogens (tertiary/aromatic N) is 1. The maximum atomic E-state index is 12.7. The van der Waals surface area contributed by atoms with E-state index in [1.54, 1.807) is 18.2 Å². The van der Waals surface area contributed by atoms with Crippen LogP contribution < -0.4 is 16.2 Å². The maximum Gasteiger partial charge on any atom is 0.257 e. The van der Waals surface area contributed by atoms with E-state index in [1.807, 2.05) is 13.8 Å². The highest BCUT2D eigenvalue weighted by atomic mass is 35.5. The third kappa shape index (κ3) is 3.76. The monoisotopic (exact) mass is 392 g/mol. The summed E-state index contributed by atoms with van der Waals surface area (Å²) in [6.07, 6.45) is -0.122. The van der Waals surface area contributed by atoms with Crippen molar-refractivity contribution in [3.63, 3.8) is 0 Å². The van der Waals surface area contributed by atoms with Gasteiger partial charge in [0.25, 0.3) is 5.56 Å². The average Bonchev–Trinajstić information content (AvgIpc) is 2.57. The second kappa shape index (κ2) is 7.51. The summed E-state index contributed by atoms with van der Waals surface area (Å²) in [6, 6.07) is 5.12. The number of fused-ring (bicyclic) bond motifs is 1. The lowest BCUT2D eigenvalue weighted by molar-refractivity contribution is -0.123. The summed E-state index contributed by atoms with van der Waals surface area (Å²) in [5.41, 5.74) is 1.13. The summed E-state index contributed by atoms with van der Waals surface area (Å²) < 4.78 is 0. The Balaban J connectivity index is 1.93. The highest BCUT2D eigenvalue weighted by Gasteiger charge is 2.34. The number of hydrogen-bond acceptors (Lipinski definition) is 5. The number of aromatic nitrogens is 2. The number of thioether (sulfide) groups is 1. The summed E-state index contributed by atoms with van der Waals surface area (Å²) >= 11 is 7.42. The van der Waals surface area contributed by atoms with Crippen LogP contribution in [0.2, 0.25) is 5.02 Å². The standard InChI is InChI=1S/C17H17ClN4O3S/c1-3-26-17-21-14-13(16(25)22-17)10(7-12(23)20-14)15(24)19-9-5-4-8(2)11(18)6-9/h4-6,10H,3,7H2,1-2H3,(H,19,24)(H2,20,21,22,23,25)/t10-/m1/s1. The fraction of sp³-hybridized carbons (Fsp3) is 0.294. The minimum absolute atomic E-state index is 0.122. The predicted molar refractivity (Wildman–Crippen MR) is 102 cm³/mol. The van der Waals surface area contributed by atoms with Crippen molar-refractivity contribution in [1.82, 2.24) is 9.97 Å². The number of benzene rings is 1. The smallest absolute Gasteiger partial charge is 0.257 e. The summed E-state index contributed by atoms with van der Waals surface area (Å²) in [4.78, 5) is 44.1. The molecule has 3 rings (SSSR count). The molecule has 0 aliphatic carbocycles. The molecule has 0 saturated carbocycles. The van der Waals surface area contributed by atoms with Gasteiger partial charge in [0.15, 0.2) is 5.16 Å². The van der Waals surface area contributed by atoms with Gasteiger partial charge >= 0.3 is 0 Å². The van der Waals surface area contributed by atoms with Crippen molar-refractivity contribution in [3.8, 4) is 0 Å². The highest BCUT2D eigenvalue weighted by molar-refractivity contribution is 7.99. The Morgan fingerprint density at radius 1 is 1.42 bits per heavy atom. The van der Waals surface area contributed by atoms with Gasteiger partial charge in [0.1, 0.15) is 5.82 Å². The lowest BCUT2D eigenvalue weighted by Gasteiger charge is -2.23. The molecular weight excluding hydrogens is 376 g/mol. The fourth-order valence-corrected chi connectivity index (χ4v) is 3.45. The number of amides is 2. The van der Waals surface area contributed by atoms with Gasteiger partial charge in [-0.05, 0) is 30.4 Å². The van der Waals surface area contributed by atoms with Crippen LogP contribution in [-0.4, -0.2) is 27.5 Å². The number of carbonyl (C=O) groups excluding carboxylic acids is 2. The Bertz CT molecular complexity index is 944. The molecule has 1 aromatic carbocycles. The molecule has 2 amide bonds. The van der Waals surface area contributed by atoms with Crippen molar-refractivity contribution < 1.29 is 9.59 Å². The Hall–Kier alpha value is -2.32. The van der Waals surface area contributed by atoms with Gasteiger partial charge in [-0.3, -0.25) is 14.4 Å². The van der Waals surface area contributed by atoms with E-state index in [0.29, 0.717) is 21.6 Å². The quantitative estimate of drug-likeness (QED) is 0.548. The first-order valence-electron chi connectivity index (χ1n) is 8.03. The second-order valence-electron chi connectivity index (χ2n) is 5.82. The molecule has 1 aromatic heterocycles. The number of hydrogen-bond donors (Lipinski definition) is 3. The summed E-state index contributed by atoms with van der Waals surface area (Å²) in [6.45, 7) is 3.78. The predicted octanol–water partition coefficient (Wildman–Crippen LogP) is 2.91. The molecule has 0 saturated heterocycles. The van der Waals surface area contributed by atoms with Gasteiger partial charge < -0.3 is 15.6 Å². The van der Waals surface area contributed by atoms with Crippen LogP contribution in [0.4, 0.5) is 11.5 Å². The normalized spacial score (nSPS) is 16.0. The minimum atomic E-state index is -0.921. The van der Waals surface area contributed by atoms with Crippen LogP contribution in [0.3, 0.4) is 0 Å². The van der Waals surface area contributed by atoms with Crippen molar-refractivity contribution >= 4 is 46.7 Å². The molecule has 1 aliphatic rings. The first kappa shape index (κ1) is 18.5. The van der Waals surface area contributed by atoms with Gasteiger partial charge in [-0.25, -0.2) is 4.98 Å². The molecule has 0 bridgehead atoms. The topological polar surface area (TPSA) is 104 Å². The molecule has 7 nitrogen and oxygen atoms in total. The largest absolute Gasteiger partial charge is 0.325 e. The number of aromatic amines is 1. The Morgan fingerprint density at radius 2 is 2.19 bits per heavy atom. The first-order chi connectivity index (χ1) is 12.4. The van der Waals surface area contributed by atoms with E-state index >= 15 is 0 Å². The third-order valence-corrected chi connectivity index (χ3v) is 5.13. The molecule has 1 atom stereocenters. The van der Waals surface area contributed by atoms with E-state index in [1.165, 1.54) is 11.8 Å². The molecule has 136 valence electrons. The van der Waals surface area contributed by atoms with Gasteiger partial charge in [-0.1, -0.05) is 36.4 Å². The summed E-state index contributed by atoms with van der Waals surface area (Å²) in [5, 5.41) is 6.22. The van der Waals surface area contributed by atoms with E-state index in [9.17, 15) is 14.4 Å². The molecule has 0 unspecified atom stereocenters. The first-order valence-corrected chi connectivity index (χ1v) is 9.39. The summed E-state index contributed by atoms with van der Waals surface area (Å²) in [5.74, 6) is -0.874. The van der Waals surface area contributed by atoms with Crippen LogP contribution in [0.15, 0.2) is 28.2 Å². The maximum absolute atomic E-state index is 12.7. The number of aryl methyl sites for hydroxylation is 1. The van der Waals surface area contributed by atoms with Crippen LogP contribution in [0, 0.1) is 6.92 Å². The SMILES string of the molecule is CCSc1nc2c(c(=O)[nH]1)[C@H](C(=O)Nc1ccc(C)c(Cl)c1)CC(=O)N2. The number of rotatable bonds is 4. The molecule has 0 fully saturated rings. The molecule has 2 aromatic rings. The molecule has 0 spiro atoms. The van der Waals surface area contributed by atoms with Crippen LogP contribution >= 0.6 is 23.4 Å². The number of nitrogens with one attached hydrogen (secondary N) is 3. The molecular formula is C17H17ClN4O3S. The van der Waals surface area contributed by atoms with Gasteiger partial charge in [-0.2, -0.15) is 0 Å². The number of H-pyrrole nitrogens is 1. The number of anilines is 2. The second-order valence-corrected chi connectivity index (χ2v) is 7.48. The zero-order valence-electron chi connectivity index (χ0n) is 14.2. The lowest BCUT2D eigenvalue weighted by Crippen LogP contribution is -2.36. The van der Waals surface area contributed by atoms with E-state index < -0.39 is 17.4 Å². The van der Waals surface area contributed by atoms with E-state index in [2.05, 4.69) is 20.6 Å². The zero-order chi connectivity index (χ0) is 18.8. The average molecular weight is 393 g/mol. The molecule has 3 N–H and O–H groups in total. The van der Waals surface area contributed by atoms with Crippen LogP contribution in [-0.2, 0) is 9.59 Å². The van der Waals surface area contributed by atoms with Crippen molar-refractivity contribution in [2.45, 2.75) is 31.3 Å². The van der Waals surface area contributed by atoms with Gasteiger partial charge in [0.05, 0.1) is 11.5 Å². The lowest BCUT2D eigenvalue weighted by atomic mass is 9.92. The molecule has 9 heteroatoms. The molecule has 1 aliphatic heterocycles. The van der Waals surface area contributed by atoms with Crippen molar-refractivity contribution in [1.29, 1.82) is 0 Å². The molecule has 2 heterocycles. The number of halogens is 1. The molecule has 0 radical (unpaired) electrons. The Morgan fingerprint density at radius 3 is 2.88 bits per heavy atom. The minimum Gasteiger partial charge on any atom is -0.325 e. The van der Waals surface area contributed by atoms with Crippen molar-refractivity contribution in [2.75, 3.05) is 16.4 Å². The zero-order valence-corrected chi connectivity index (χ0v) is 15.8. The van der Waals surface area contributed by atoms with Crippen LogP contribution in [0.5, 0.6) is 0 Å². The Kier molecular flexibility index (Phi) is 5.33. The van der Waals surface area contributed by atoms with Crippen molar-refractivity contribution in [2.24, 2.45) is 0 Å². The highest BCUT2D eigenvalue weighted by Crippen LogP contribution is 2.30.